The molecule has 0 bridgehead atoms. The molecule has 0 aliphatic carbocycles. The fraction of sp³-hybridized carbons (Fsp3) is 0.348. The maximum atomic E-state index is 4.93. The number of fused-ring (bicyclic) bond motifs is 2. The van der Waals surface area contributed by atoms with Crippen LogP contribution in [-0.2, 0) is 44.5 Å². The number of benzene rings is 4. The molecule has 6 rings (SSSR count). The summed E-state index contributed by atoms with van der Waals surface area (Å²) >= 11 is -0.826. The zero-order chi connectivity index (χ0) is 36.9. The second-order valence-corrected chi connectivity index (χ2v) is 19.7. The summed E-state index contributed by atoms with van der Waals surface area (Å²) < 4.78 is 0. The van der Waals surface area contributed by atoms with Crippen LogP contribution in [0.2, 0.25) is 13.1 Å². The molecule has 0 fully saturated rings. The molecule has 262 valence electrons. The van der Waals surface area contributed by atoms with Crippen molar-refractivity contribution in [3.63, 3.8) is 0 Å². The van der Waals surface area contributed by atoms with Crippen molar-refractivity contribution in [2.24, 2.45) is 0 Å². The van der Waals surface area contributed by atoms with Crippen LogP contribution in [0.1, 0.15) is 90.5 Å². The van der Waals surface area contributed by atoms with Gasteiger partial charge in [0.15, 0.2) is 0 Å². The van der Waals surface area contributed by atoms with E-state index in [0.717, 1.165) is 22.4 Å². The Hall–Kier alpha value is -2.22. The Morgan fingerprint density at radius 1 is 0.540 bits per heavy atom. The monoisotopic (exact) mass is 796 g/mol. The molecule has 0 saturated heterocycles. The van der Waals surface area contributed by atoms with Crippen LogP contribution < -0.4 is 0 Å². The van der Waals surface area contributed by atoms with Crippen LogP contribution in [0.4, 0.5) is 0 Å². The predicted octanol–water partition coefficient (Wildman–Crippen LogP) is 15.1. The first-order valence-electron chi connectivity index (χ1n) is 18.0. The topological polar surface area (TPSA) is 0 Å². The minimum absolute atomic E-state index is 0.194. The molecule has 0 aliphatic heterocycles. The molecule has 0 N–H and O–H groups in total. The molecule has 0 heterocycles. The Bertz CT molecular complexity index is 1760. The molecule has 0 unspecified atom stereocenters. The normalized spacial score (nSPS) is 11.1. The SMILES string of the molecule is CCCc1ccccc1-c1cccc2[cH-]c(C(C)(C)C)cc12.CCCc1ccccc1-c1cccc2[cH-]c(C(C)(C)C)cc12.C[Si]C.[Cl][Zr+2][Cl]. The van der Waals surface area contributed by atoms with Gasteiger partial charge in [-0.15, -0.1) is 69.1 Å². The Kier molecular flexibility index (Phi) is 17.0. The second kappa shape index (κ2) is 20.1. The fourth-order valence-corrected chi connectivity index (χ4v) is 6.35. The van der Waals surface area contributed by atoms with Crippen molar-refractivity contribution in [1.29, 1.82) is 0 Å². The summed E-state index contributed by atoms with van der Waals surface area (Å²) in [6.45, 7) is 22.5. The van der Waals surface area contributed by atoms with E-state index in [9.17, 15) is 0 Å². The molecule has 0 spiro atoms. The number of aryl methyl sites for hydroxylation is 2. The van der Waals surface area contributed by atoms with E-state index in [1.165, 1.54) is 78.9 Å². The number of hydrogen-bond acceptors (Lipinski definition) is 0. The molecular weight excluding hydrogens is 743 g/mol. The van der Waals surface area contributed by atoms with Crippen LogP contribution in [0.3, 0.4) is 0 Å². The second-order valence-electron chi connectivity index (χ2n) is 15.0. The van der Waals surface area contributed by atoms with Gasteiger partial charge in [-0.2, -0.15) is 12.1 Å². The van der Waals surface area contributed by atoms with Gasteiger partial charge in [-0.3, -0.25) is 0 Å². The van der Waals surface area contributed by atoms with Crippen molar-refractivity contribution in [3.8, 4) is 22.3 Å². The maximum absolute atomic E-state index is 4.93. The van der Waals surface area contributed by atoms with Crippen molar-refractivity contribution >= 4 is 48.1 Å². The third-order valence-electron chi connectivity index (χ3n) is 8.89. The first-order chi connectivity index (χ1) is 23.8. The van der Waals surface area contributed by atoms with Crippen LogP contribution >= 0.6 is 17.0 Å². The van der Waals surface area contributed by atoms with Crippen LogP contribution in [0.15, 0.2) is 109 Å². The predicted molar refractivity (Wildman–Crippen MR) is 225 cm³/mol. The van der Waals surface area contributed by atoms with Crippen molar-refractivity contribution in [2.75, 3.05) is 0 Å². The molecule has 0 saturated carbocycles. The molecule has 6 aromatic carbocycles. The Morgan fingerprint density at radius 3 is 1.18 bits per heavy atom. The Balaban J connectivity index is 0.000000234. The number of hydrogen-bond donors (Lipinski definition) is 0. The quantitative estimate of drug-likeness (QED) is 0.116. The van der Waals surface area contributed by atoms with E-state index in [-0.39, 0.29) is 10.8 Å². The van der Waals surface area contributed by atoms with E-state index in [1.807, 2.05) is 0 Å². The van der Waals surface area contributed by atoms with E-state index in [0.29, 0.717) is 0 Å². The molecule has 0 aromatic heterocycles. The molecule has 4 heteroatoms. The van der Waals surface area contributed by atoms with Gasteiger partial charge < -0.3 is 0 Å². The van der Waals surface area contributed by atoms with Gasteiger partial charge in [-0.25, -0.2) is 0 Å². The van der Waals surface area contributed by atoms with Gasteiger partial charge in [0.2, 0.25) is 0 Å². The van der Waals surface area contributed by atoms with E-state index < -0.39 is 20.8 Å². The summed E-state index contributed by atoms with van der Waals surface area (Å²) in [5.41, 5.74) is 11.7. The van der Waals surface area contributed by atoms with E-state index >= 15 is 0 Å². The zero-order valence-electron chi connectivity index (χ0n) is 32.0. The van der Waals surface area contributed by atoms with E-state index in [4.69, 9.17) is 17.0 Å². The van der Waals surface area contributed by atoms with E-state index in [2.05, 4.69) is 178 Å². The van der Waals surface area contributed by atoms with Crippen molar-refractivity contribution in [3.05, 3.63) is 131 Å². The first kappa shape index (κ1) is 42.2. The molecular formula is C46H56Cl2SiZr. The van der Waals surface area contributed by atoms with Crippen molar-refractivity contribution < 1.29 is 20.8 Å². The van der Waals surface area contributed by atoms with Crippen LogP contribution in [0, 0.1) is 0 Å². The molecule has 50 heavy (non-hydrogen) atoms. The van der Waals surface area contributed by atoms with Crippen molar-refractivity contribution in [2.45, 2.75) is 105 Å². The third kappa shape index (κ3) is 11.4. The van der Waals surface area contributed by atoms with Gasteiger partial charge in [0.1, 0.15) is 0 Å². The van der Waals surface area contributed by atoms with E-state index in [1.54, 1.807) is 0 Å². The van der Waals surface area contributed by atoms with Gasteiger partial charge in [-0.1, -0.05) is 153 Å². The molecule has 0 amide bonds. The summed E-state index contributed by atoms with van der Waals surface area (Å²) in [5, 5.41) is 5.48. The fourth-order valence-electron chi connectivity index (χ4n) is 6.35. The van der Waals surface area contributed by atoms with Crippen LogP contribution in [0.25, 0.3) is 43.8 Å². The first-order valence-corrected chi connectivity index (χ1v) is 26.3. The number of rotatable bonds is 6. The molecule has 0 aliphatic rings. The van der Waals surface area contributed by atoms with Gasteiger partial charge in [0.25, 0.3) is 0 Å². The average molecular weight is 799 g/mol. The van der Waals surface area contributed by atoms with Crippen molar-refractivity contribution in [1.82, 2.24) is 0 Å². The van der Waals surface area contributed by atoms with Gasteiger partial charge >= 0.3 is 37.9 Å². The molecule has 0 nitrogen and oxygen atoms in total. The summed E-state index contributed by atoms with van der Waals surface area (Å²) in [7, 11) is 11.0. The molecule has 2 radical (unpaired) electrons. The minimum atomic E-state index is -0.826. The zero-order valence-corrected chi connectivity index (χ0v) is 36.9. The standard InChI is InChI=1S/2C22H25.C2H6Si.2ClH.Zr/c2*1-5-9-16-10-6-7-12-19(16)20-13-8-11-17-14-18(15-21(17)20)22(2,3)4;1-3-2;;;/h2*6-8,10-15H,5,9H2,1-4H3;1-2H3;2*1H;/q2*-1;;;;+4/p-2. The van der Waals surface area contributed by atoms with Gasteiger partial charge in [0, 0.05) is 9.52 Å². The Labute approximate surface area is 325 Å². The number of halogens is 2. The van der Waals surface area contributed by atoms with Gasteiger partial charge in [0.05, 0.1) is 0 Å². The van der Waals surface area contributed by atoms with Crippen LogP contribution in [-0.4, -0.2) is 9.52 Å². The summed E-state index contributed by atoms with van der Waals surface area (Å²) in [4.78, 5) is 0. The summed E-state index contributed by atoms with van der Waals surface area (Å²) in [6, 6.07) is 40.5. The summed E-state index contributed by atoms with van der Waals surface area (Å²) in [6.07, 6.45) is 4.64. The van der Waals surface area contributed by atoms with Gasteiger partial charge in [-0.05, 0) is 45.9 Å². The third-order valence-corrected chi connectivity index (χ3v) is 8.89. The van der Waals surface area contributed by atoms with Crippen LogP contribution in [0.5, 0.6) is 0 Å². The molecule has 0 atom stereocenters. The molecule has 6 aromatic rings. The average Bonchev–Trinajstić information content (AvgIpc) is 3.73. The Morgan fingerprint density at radius 2 is 0.860 bits per heavy atom. The summed E-state index contributed by atoms with van der Waals surface area (Å²) in [5.74, 6) is 0.